The van der Waals surface area contributed by atoms with Crippen molar-refractivity contribution < 1.29 is 19.8 Å². The Hall–Kier alpha value is 0.576. The van der Waals surface area contributed by atoms with Gasteiger partial charge in [-0.15, -0.1) is 0 Å². The third kappa shape index (κ3) is 4.08. The monoisotopic (exact) mass is 212 g/mol. The van der Waals surface area contributed by atoms with Crippen molar-refractivity contribution in [1.29, 1.82) is 0 Å². The molecule has 0 aromatic rings. The Morgan fingerprint density at radius 1 is 0.846 bits per heavy atom. The Morgan fingerprint density at radius 2 is 1.08 bits per heavy atom. The van der Waals surface area contributed by atoms with Crippen LogP contribution in [0.25, 0.3) is 0 Å². The third-order valence-corrected chi connectivity index (χ3v) is 2.43. The van der Waals surface area contributed by atoms with Crippen molar-refractivity contribution in [3.63, 3.8) is 0 Å². The molecule has 1 aliphatic carbocycles. The fourth-order valence-electron chi connectivity index (χ4n) is 1.59. The second-order valence-electron chi connectivity index (χ2n) is 3.23. The first-order chi connectivity index (χ1) is 5.61. The van der Waals surface area contributed by atoms with Crippen LogP contribution in [0.5, 0.6) is 0 Å². The first-order valence-electron chi connectivity index (χ1n) is 4.07. The summed E-state index contributed by atoms with van der Waals surface area (Å²) in [5.74, 6) is -2.22. The molecule has 0 aromatic heterocycles. The first-order valence-corrected chi connectivity index (χ1v) is 4.07. The number of aliphatic carboxylic acids is 2. The molecular formula is C8H13KO4. The van der Waals surface area contributed by atoms with Crippen LogP contribution in [0.2, 0.25) is 0 Å². The molecule has 0 amide bonds. The van der Waals surface area contributed by atoms with Crippen molar-refractivity contribution in [2.24, 2.45) is 11.8 Å². The number of rotatable bonds is 2. The predicted molar refractivity (Wildman–Crippen MR) is 47.9 cm³/mol. The van der Waals surface area contributed by atoms with Gasteiger partial charge in [-0.1, -0.05) is 0 Å². The molecule has 0 atom stereocenters. The summed E-state index contributed by atoms with van der Waals surface area (Å²) >= 11 is 0. The first kappa shape index (κ1) is 13.6. The second-order valence-corrected chi connectivity index (χ2v) is 3.23. The molecule has 1 aliphatic rings. The van der Waals surface area contributed by atoms with Crippen LogP contribution in [0, 0.1) is 11.8 Å². The van der Waals surface area contributed by atoms with Crippen LogP contribution < -0.4 is 0 Å². The molecule has 5 heteroatoms. The van der Waals surface area contributed by atoms with Gasteiger partial charge in [-0.25, -0.2) is 0 Å². The zero-order valence-electron chi connectivity index (χ0n) is 6.69. The number of carboxylic acids is 2. The molecule has 0 bridgehead atoms. The van der Waals surface area contributed by atoms with E-state index in [0.717, 1.165) is 0 Å². The Kier molecular flexibility index (Phi) is 6.41. The van der Waals surface area contributed by atoms with Gasteiger partial charge in [0.25, 0.3) is 0 Å². The second kappa shape index (κ2) is 6.13. The van der Waals surface area contributed by atoms with Gasteiger partial charge in [0.15, 0.2) is 0 Å². The van der Waals surface area contributed by atoms with E-state index in [2.05, 4.69) is 0 Å². The summed E-state index contributed by atoms with van der Waals surface area (Å²) in [7, 11) is 0. The van der Waals surface area contributed by atoms with Gasteiger partial charge in [-0.3, -0.25) is 9.59 Å². The van der Waals surface area contributed by atoms with Gasteiger partial charge in [-0.2, -0.15) is 0 Å². The minimum atomic E-state index is -0.793. The topological polar surface area (TPSA) is 74.6 Å². The van der Waals surface area contributed by atoms with Gasteiger partial charge in [0.2, 0.25) is 0 Å². The van der Waals surface area contributed by atoms with Crippen LogP contribution in [-0.2, 0) is 9.59 Å². The van der Waals surface area contributed by atoms with Crippen molar-refractivity contribution in [2.75, 3.05) is 0 Å². The van der Waals surface area contributed by atoms with E-state index in [0.29, 0.717) is 25.7 Å². The summed E-state index contributed by atoms with van der Waals surface area (Å²) in [5, 5.41) is 17.2. The predicted octanol–water partition coefficient (Wildman–Crippen LogP) is 0.313. The fraction of sp³-hybridized carbons (Fsp3) is 0.750. The van der Waals surface area contributed by atoms with Gasteiger partial charge in [-0.05, 0) is 25.7 Å². The van der Waals surface area contributed by atoms with Crippen molar-refractivity contribution in [3.05, 3.63) is 0 Å². The van der Waals surface area contributed by atoms with Gasteiger partial charge < -0.3 is 10.2 Å². The Balaban J connectivity index is 0.00000144. The Labute approximate surface area is 119 Å². The molecule has 70 valence electrons. The average Bonchev–Trinajstić information content (AvgIpc) is 2.04. The number of hydrogen-bond acceptors (Lipinski definition) is 2. The maximum atomic E-state index is 10.5. The summed E-state index contributed by atoms with van der Waals surface area (Å²) in [6.45, 7) is 0. The molecule has 13 heavy (non-hydrogen) atoms. The van der Waals surface area contributed by atoms with E-state index in [1.165, 1.54) is 0 Å². The Bertz CT molecular complexity index is 174. The van der Waals surface area contributed by atoms with Gasteiger partial charge in [0.05, 0.1) is 11.8 Å². The zero-order valence-corrected chi connectivity index (χ0v) is 6.69. The van der Waals surface area contributed by atoms with E-state index in [4.69, 9.17) is 10.2 Å². The van der Waals surface area contributed by atoms with Crippen molar-refractivity contribution in [2.45, 2.75) is 25.7 Å². The third-order valence-electron chi connectivity index (χ3n) is 2.43. The van der Waals surface area contributed by atoms with Crippen LogP contribution in [0.3, 0.4) is 0 Å². The minimum absolute atomic E-state index is 0. The van der Waals surface area contributed by atoms with Crippen molar-refractivity contribution in [1.82, 2.24) is 0 Å². The zero-order chi connectivity index (χ0) is 9.14. The Morgan fingerprint density at radius 3 is 1.23 bits per heavy atom. The molecule has 0 spiro atoms. The van der Waals surface area contributed by atoms with E-state index < -0.39 is 11.9 Å². The van der Waals surface area contributed by atoms with Crippen molar-refractivity contribution in [3.8, 4) is 0 Å². The maximum absolute atomic E-state index is 10.5. The summed E-state index contributed by atoms with van der Waals surface area (Å²) < 4.78 is 0. The van der Waals surface area contributed by atoms with Gasteiger partial charge in [0.1, 0.15) is 0 Å². The van der Waals surface area contributed by atoms with E-state index in [-0.39, 0.29) is 63.2 Å². The molecule has 1 rings (SSSR count). The SMILES string of the molecule is O=C(O)C1CCC(C(=O)O)CC1.[KH]. The van der Waals surface area contributed by atoms with Crippen LogP contribution >= 0.6 is 0 Å². The summed E-state index contributed by atoms with van der Waals surface area (Å²) in [4.78, 5) is 21.0. The molecule has 1 fully saturated rings. The summed E-state index contributed by atoms with van der Waals surface area (Å²) in [5.41, 5.74) is 0. The molecule has 0 aliphatic heterocycles. The number of carbonyl (C=O) groups is 2. The van der Waals surface area contributed by atoms with Crippen LogP contribution in [0.4, 0.5) is 0 Å². The molecule has 0 saturated heterocycles. The van der Waals surface area contributed by atoms with E-state index in [1.807, 2.05) is 0 Å². The number of carboxylic acid groups (broad SMARTS) is 2. The summed E-state index contributed by atoms with van der Waals surface area (Å²) in [6, 6.07) is 0. The van der Waals surface area contributed by atoms with Gasteiger partial charge in [0, 0.05) is 0 Å². The van der Waals surface area contributed by atoms with Crippen LogP contribution in [-0.4, -0.2) is 73.5 Å². The van der Waals surface area contributed by atoms with Crippen molar-refractivity contribution >= 4 is 63.3 Å². The normalized spacial score (nSPS) is 27.4. The molecule has 0 unspecified atom stereocenters. The average molecular weight is 212 g/mol. The van der Waals surface area contributed by atoms with E-state index >= 15 is 0 Å². The van der Waals surface area contributed by atoms with Gasteiger partial charge >= 0.3 is 63.3 Å². The van der Waals surface area contributed by atoms with E-state index in [9.17, 15) is 9.59 Å². The molecule has 4 nitrogen and oxygen atoms in total. The quantitative estimate of drug-likeness (QED) is 0.646. The number of hydrogen-bond donors (Lipinski definition) is 2. The molecule has 0 aromatic carbocycles. The summed E-state index contributed by atoms with van der Waals surface area (Å²) in [6.07, 6.45) is 2.03. The molecule has 1 saturated carbocycles. The molecule has 0 heterocycles. The van der Waals surface area contributed by atoms with E-state index in [1.54, 1.807) is 0 Å². The molecular weight excluding hydrogens is 199 g/mol. The molecule has 2 N–H and O–H groups in total. The standard InChI is InChI=1S/C8H12O4.K.H/c9-7(10)5-1-2-6(4-3-5)8(11)12;;/h5-6H,1-4H2,(H,9,10)(H,11,12);;. The molecule has 0 radical (unpaired) electrons. The fourth-order valence-corrected chi connectivity index (χ4v) is 1.59. The van der Waals surface area contributed by atoms with Crippen LogP contribution in [0.1, 0.15) is 25.7 Å². The van der Waals surface area contributed by atoms with Crippen LogP contribution in [0.15, 0.2) is 0 Å².